The van der Waals surface area contributed by atoms with Crippen LogP contribution in [0, 0.1) is 20.8 Å². The molecule has 102 valence electrons. The van der Waals surface area contributed by atoms with Crippen LogP contribution in [0.3, 0.4) is 0 Å². The number of benzene rings is 1. The lowest BCUT2D eigenvalue weighted by Gasteiger charge is -2.12. The van der Waals surface area contributed by atoms with Crippen molar-refractivity contribution in [1.29, 1.82) is 0 Å². The lowest BCUT2D eigenvalue weighted by Crippen LogP contribution is -1.99. The van der Waals surface area contributed by atoms with Crippen LogP contribution in [0.2, 0.25) is 0 Å². The molecule has 3 nitrogen and oxygen atoms in total. The minimum Gasteiger partial charge on any atom is -0.494 e. The number of nitrogens with two attached hydrogens (primary N) is 1. The van der Waals surface area contributed by atoms with Crippen LogP contribution in [0.15, 0.2) is 12.1 Å². The summed E-state index contributed by atoms with van der Waals surface area (Å²) < 4.78 is 5.63. The smallest absolute Gasteiger partial charge is 0.122 e. The second kappa shape index (κ2) is 5.72. The fraction of sp³-hybridized carbons (Fsp3) is 0.400. The van der Waals surface area contributed by atoms with Gasteiger partial charge < -0.3 is 10.5 Å². The molecule has 0 aliphatic carbocycles. The maximum absolute atomic E-state index is 5.81. The predicted octanol–water partition coefficient (Wildman–Crippen LogP) is 3.59. The van der Waals surface area contributed by atoms with Crippen LogP contribution in [0.1, 0.15) is 27.9 Å². The van der Waals surface area contributed by atoms with Crippen molar-refractivity contribution in [1.82, 2.24) is 4.98 Å². The Morgan fingerprint density at radius 1 is 1.21 bits per heavy atom. The van der Waals surface area contributed by atoms with Gasteiger partial charge in [-0.15, -0.1) is 11.3 Å². The molecule has 1 aromatic carbocycles. The first kappa shape index (κ1) is 14.0. The number of ether oxygens (including phenoxy) is 1. The standard InChI is InChI=1S/C15H20N2OS/c1-5-18-13-7-9(2)12(6-10(13)3)15-14(8-16)19-11(4)17-15/h6-7H,5,8,16H2,1-4H3. The molecule has 2 N–H and O–H groups in total. The van der Waals surface area contributed by atoms with Gasteiger partial charge in [0.25, 0.3) is 0 Å². The van der Waals surface area contributed by atoms with Crippen molar-refractivity contribution in [2.45, 2.75) is 34.2 Å². The summed E-state index contributed by atoms with van der Waals surface area (Å²) >= 11 is 1.67. The van der Waals surface area contributed by atoms with Gasteiger partial charge in [-0.25, -0.2) is 4.98 Å². The largest absolute Gasteiger partial charge is 0.494 e. The van der Waals surface area contributed by atoms with Crippen molar-refractivity contribution >= 4 is 11.3 Å². The SMILES string of the molecule is CCOc1cc(C)c(-c2nc(C)sc2CN)cc1C. The first-order chi connectivity index (χ1) is 9.06. The summed E-state index contributed by atoms with van der Waals surface area (Å²) in [6.07, 6.45) is 0. The van der Waals surface area contributed by atoms with Gasteiger partial charge >= 0.3 is 0 Å². The van der Waals surface area contributed by atoms with E-state index in [2.05, 4.69) is 31.0 Å². The maximum Gasteiger partial charge on any atom is 0.122 e. The third kappa shape index (κ3) is 2.80. The van der Waals surface area contributed by atoms with E-state index in [0.29, 0.717) is 13.2 Å². The molecule has 0 unspecified atom stereocenters. The molecule has 0 amide bonds. The summed E-state index contributed by atoms with van der Waals surface area (Å²) in [5, 5.41) is 1.06. The first-order valence-electron chi connectivity index (χ1n) is 6.47. The van der Waals surface area contributed by atoms with Gasteiger partial charge in [0, 0.05) is 17.0 Å². The molecule has 0 saturated heterocycles. The Hall–Kier alpha value is -1.39. The molecular formula is C15H20N2OS. The van der Waals surface area contributed by atoms with Crippen LogP contribution in [-0.4, -0.2) is 11.6 Å². The van der Waals surface area contributed by atoms with Gasteiger partial charge in [0.05, 0.1) is 17.3 Å². The third-order valence-electron chi connectivity index (χ3n) is 3.07. The highest BCUT2D eigenvalue weighted by molar-refractivity contribution is 7.12. The quantitative estimate of drug-likeness (QED) is 0.928. The van der Waals surface area contributed by atoms with Crippen LogP contribution < -0.4 is 10.5 Å². The Balaban J connectivity index is 2.53. The zero-order valence-electron chi connectivity index (χ0n) is 11.9. The van der Waals surface area contributed by atoms with Gasteiger partial charge in [-0.2, -0.15) is 0 Å². The monoisotopic (exact) mass is 276 g/mol. The molecule has 4 heteroatoms. The average molecular weight is 276 g/mol. The fourth-order valence-corrected chi connectivity index (χ4v) is 3.00. The normalized spacial score (nSPS) is 10.8. The zero-order valence-corrected chi connectivity index (χ0v) is 12.7. The van der Waals surface area contributed by atoms with E-state index in [4.69, 9.17) is 10.5 Å². The summed E-state index contributed by atoms with van der Waals surface area (Å²) in [6, 6.07) is 4.23. The Kier molecular flexibility index (Phi) is 4.22. The van der Waals surface area contributed by atoms with E-state index in [9.17, 15) is 0 Å². The number of aryl methyl sites for hydroxylation is 3. The molecular weight excluding hydrogens is 256 g/mol. The second-order valence-corrected chi connectivity index (χ2v) is 5.86. The molecule has 1 aromatic heterocycles. The number of aromatic nitrogens is 1. The minimum absolute atomic E-state index is 0.534. The summed E-state index contributed by atoms with van der Waals surface area (Å²) in [4.78, 5) is 5.77. The lowest BCUT2D eigenvalue weighted by atomic mass is 10.0. The molecule has 0 aliphatic heterocycles. The summed E-state index contributed by atoms with van der Waals surface area (Å²) in [5.74, 6) is 0.949. The minimum atomic E-state index is 0.534. The van der Waals surface area contributed by atoms with Crippen LogP contribution in [0.25, 0.3) is 11.3 Å². The highest BCUT2D eigenvalue weighted by atomic mass is 32.1. The summed E-state index contributed by atoms with van der Waals surface area (Å²) in [6.45, 7) is 9.39. The van der Waals surface area contributed by atoms with Crippen molar-refractivity contribution in [3.63, 3.8) is 0 Å². The number of hydrogen-bond donors (Lipinski definition) is 1. The van der Waals surface area contributed by atoms with Gasteiger partial charge in [-0.1, -0.05) is 0 Å². The van der Waals surface area contributed by atoms with Crippen LogP contribution in [0.4, 0.5) is 0 Å². The Morgan fingerprint density at radius 3 is 2.58 bits per heavy atom. The molecule has 1 heterocycles. The van der Waals surface area contributed by atoms with Gasteiger partial charge in [-0.05, 0) is 51.0 Å². The van der Waals surface area contributed by atoms with Crippen molar-refractivity contribution in [3.8, 4) is 17.0 Å². The molecule has 2 aromatic rings. The van der Waals surface area contributed by atoms with Crippen LogP contribution in [-0.2, 0) is 6.54 Å². The summed E-state index contributed by atoms with van der Waals surface area (Å²) in [5.41, 5.74) is 10.3. The van der Waals surface area contributed by atoms with Crippen LogP contribution in [0.5, 0.6) is 5.75 Å². The first-order valence-corrected chi connectivity index (χ1v) is 7.29. The Morgan fingerprint density at radius 2 is 1.95 bits per heavy atom. The van der Waals surface area contributed by atoms with E-state index in [0.717, 1.165) is 32.5 Å². The topological polar surface area (TPSA) is 48.1 Å². The van der Waals surface area contributed by atoms with Crippen molar-refractivity contribution in [3.05, 3.63) is 33.1 Å². The van der Waals surface area contributed by atoms with Gasteiger partial charge in [0.1, 0.15) is 5.75 Å². The highest BCUT2D eigenvalue weighted by Crippen LogP contribution is 2.33. The molecule has 0 bridgehead atoms. The lowest BCUT2D eigenvalue weighted by molar-refractivity contribution is 0.337. The van der Waals surface area contributed by atoms with E-state index in [1.807, 2.05) is 13.8 Å². The van der Waals surface area contributed by atoms with E-state index < -0.39 is 0 Å². The van der Waals surface area contributed by atoms with Crippen molar-refractivity contribution in [2.24, 2.45) is 5.73 Å². The van der Waals surface area contributed by atoms with E-state index in [1.54, 1.807) is 11.3 Å². The molecule has 0 fully saturated rings. The van der Waals surface area contributed by atoms with Crippen LogP contribution >= 0.6 is 11.3 Å². The van der Waals surface area contributed by atoms with E-state index in [1.165, 1.54) is 5.56 Å². The fourth-order valence-electron chi connectivity index (χ4n) is 2.17. The van der Waals surface area contributed by atoms with Crippen molar-refractivity contribution in [2.75, 3.05) is 6.61 Å². The van der Waals surface area contributed by atoms with Gasteiger partial charge in [0.2, 0.25) is 0 Å². The Labute approximate surface area is 118 Å². The molecule has 19 heavy (non-hydrogen) atoms. The number of rotatable bonds is 4. The molecule has 0 saturated carbocycles. The number of nitrogens with zero attached hydrogens (tertiary/aromatic N) is 1. The van der Waals surface area contributed by atoms with E-state index >= 15 is 0 Å². The second-order valence-electron chi connectivity index (χ2n) is 4.57. The molecule has 0 spiro atoms. The molecule has 0 aliphatic rings. The Bertz CT molecular complexity index is 590. The number of thiazole rings is 1. The van der Waals surface area contributed by atoms with Gasteiger partial charge in [-0.3, -0.25) is 0 Å². The number of hydrogen-bond acceptors (Lipinski definition) is 4. The zero-order chi connectivity index (χ0) is 14.0. The predicted molar refractivity (Wildman–Crippen MR) is 80.8 cm³/mol. The van der Waals surface area contributed by atoms with Gasteiger partial charge in [0.15, 0.2) is 0 Å². The maximum atomic E-state index is 5.81. The van der Waals surface area contributed by atoms with E-state index in [-0.39, 0.29) is 0 Å². The highest BCUT2D eigenvalue weighted by Gasteiger charge is 2.14. The molecule has 0 atom stereocenters. The van der Waals surface area contributed by atoms with Crippen molar-refractivity contribution < 1.29 is 4.74 Å². The summed E-state index contributed by atoms with van der Waals surface area (Å²) in [7, 11) is 0. The molecule has 0 radical (unpaired) electrons. The average Bonchev–Trinajstić information content (AvgIpc) is 2.75. The third-order valence-corrected chi connectivity index (χ3v) is 4.06. The molecule has 2 rings (SSSR count).